The van der Waals surface area contributed by atoms with Gasteiger partial charge in [0.05, 0.1) is 6.07 Å². The number of nitriles is 1. The summed E-state index contributed by atoms with van der Waals surface area (Å²) in [4.78, 5) is 0. The monoisotopic (exact) mass is 235 g/mol. The Hall–Kier alpha value is -2.53. The molecule has 0 bridgehead atoms. The van der Waals surface area contributed by atoms with Crippen molar-refractivity contribution < 1.29 is 4.74 Å². The van der Waals surface area contributed by atoms with Crippen molar-refractivity contribution in [3.8, 4) is 17.6 Å². The van der Waals surface area contributed by atoms with Crippen LogP contribution in [-0.4, -0.2) is 0 Å². The topological polar surface area (TPSA) is 33.0 Å². The van der Waals surface area contributed by atoms with Crippen LogP contribution in [0.4, 0.5) is 0 Å². The number of hydrogen-bond donors (Lipinski definition) is 0. The lowest BCUT2D eigenvalue weighted by molar-refractivity contribution is 0.482. The Balaban J connectivity index is 2.24. The first kappa shape index (κ1) is 11.9. The third kappa shape index (κ3) is 2.99. The molecule has 0 amide bonds. The van der Waals surface area contributed by atoms with Crippen molar-refractivity contribution in [1.82, 2.24) is 0 Å². The minimum atomic E-state index is 0.768. The van der Waals surface area contributed by atoms with E-state index in [1.165, 1.54) is 6.08 Å². The normalized spacial score (nSPS) is 10.8. The van der Waals surface area contributed by atoms with Gasteiger partial charge in [-0.05, 0) is 42.3 Å². The van der Waals surface area contributed by atoms with E-state index in [4.69, 9.17) is 10.00 Å². The lowest BCUT2D eigenvalue weighted by atomic mass is 10.1. The SMILES string of the molecule is CC(=CC#N)c1cccc(Oc2ccccc2)c1. The maximum Gasteiger partial charge on any atom is 0.128 e. The van der Waals surface area contributed by atoms with Crippen molar-refractivity contribution in [3.05, 3.63) is 66.2 Å². The molecular weight excluding hydrogens is 222 g/mol. The van der Waals surface area contributed by atoms with E-state index in [1.54, 1.807) is 0 Å². The van der Waals surface area contributed by atoms with Gasteiger partial charge in [0.1, 0.15) is 11.5 Å². The van der Waals surface area contributed by atoms with E-state index in [2.05, 4.69) is 0 Å². The maximum atomic E-state index is 8.64. The molecule has 0 N–H and O–H groups in total. The molecular formula is C16H13NO. The molecule has 2 nitrogen and oxygen atoms in total. The third-order valence-electron chi connectivity index (χ3n) is 2.55. The van der Waals surface area contributed by atoms with Gasteiger partial charge < -0.3 is 4.74 Å². The molecule has 2 rings (SSSR count). The summed E-state index contributed by atoms with van der Waals surface area (Å²) in [6, 6.07) is 19.4. The minimum Gasteiger partial charge on any atom is -0.457 e. The Morgan fingerprint density at radius 2 is 1.78 bits per heavy atom. The Bertz CT molecular complexity index is 594. The van der Waals surface area contributed by atoms with Crippen LogP contribution in [0.15, 0.2) is 60.7 Å². The molecule has 0 saturated carbocycles. The van der Waals surface area contributed by atoms with Gasteiger partial charge in [-0.25, -0.2) is 0 Å². The highest BCUT2D eigenvalue weighted by atomic mass is 16.5. The van der Waals surface area contributed by atoms with E-state index in [0.717, 1.165) is 22.6 Å². The van der Waals surface area contributed by atoms with E-state index in [1.807, 2.05) is 67.6 Å². The van der Waals surface area contributed by atoms with Gasteiger partial charge in [-0.3, -0.25) is 0 Å². The number of nitrogens with zero attached hydrogens (tertiary/aromatic N) is 1. The highest BCUT2D eigenvalue weighted by molar-refractivity contribution is 5.66. The summed E-state index contributed by atoms with van der Waals surface area (Å²) in [5.74, 6) is 1.57. The summed E-state index contributed by atoms with van der Waals surface area (Å²) >= 11 is 0. The summed E-state index contributed by atoms with van der Waals surface area (Å²) < 4.78 is 5.74. The van der Waals surface area contributed by atoms with Crippen molar-refractivity contribution in [2.45, 2.75) is 6.92 Å². The standard InChI is InChI=1S/C16H13NO/c1-13(10-11-17)14-6-5-9-16(12-14)18-15-7-3-2-4-8-15/h2-10,12H,1H3. The minimum absolute atomic E-state index is 0.768. The van der Waals surface area contributed by atoms with Crippen LogP contribution < -0.4 is 4.74 Å². The Kier molecular flexibility index (Phi) is 3.78. The first-order chi connectivity index (χ1) is 8.79. The number of hydrogen-bond acceptors (Lipinski definition) is 2. The van der Waals surface area contributed by atoms with E-state index in [-0.39, 0.29) is 0 Å². The van der Waals surface area contributed by atoms with Gasteiger partial charge >= 0.3 is 0 Å². The zero-order valence-electron chi connectivity index (χ0n) is 10.1. The molecule has 0 aliphatic carbocycles. The number of para-hydroxylation sites is 1. The average Bonchev–Trinajstić information content (AvgIpc) is 2.40. The van der Waals surface area contributed by atoms with Crippen molar-refractivity contribution >= 4 is 5.57 Å². The second-order valence-electron chi connectivity index (χ2n) is 3.90. The predicted molar refractivity (Wildman–Crippen MR) is 72.2 cm³/mol. The van der Waals surface area contributed by atoms with Gasteiger partial charge in [0.15, 0.2) is 0 Å². The van der Waals surface area contributed by atoms with E-state index in [9.17, 15) is 0 Å². The third-order valence-corrected chi connectivity index (χ3v) is 2.55. The molecule has 0 fully saturated rings. The van der Waals surface area contributed by atoms with E-state index in [0.29, 0.717) is 0 Å². The molecule has 0 spiro atoms. The molecule has 0 aliphatic heterocycles. The Morgan fingerprint density at radius 1 is 1.06 bits per heavy atom. The first-order valence-corrected chi connectivity index (χ1v) is 5.69. The zero-order chi connectivity index (χ0) is 12.8. The fourth-order valence-electron chi connectivity index (χ4n) is 1.61. The smallest absolute Gasteiger partial charge is 0.128 e. The summed E-state index contributed by atoms with van der Waals surface area (Å²) in [6.07, 6.45) is 1.53. The molecule has 2 heteroatoms. The largest absolute Gasteiger partial charge is 0.457 e. The Morgan fingerprint density at radius 3 is 2.50 bits per heavy atom. The molecule has 0 saturated heterocycles. The van der Waals surface area contributed by atoms with Crippen LogP contribution in [-0.2, 0) is 0 Å². The van der Waals surface area contributed by atoms with Gasteiger partial charge in [-0.15, -0.1) is 0 Å². The molecule has 2 aromatic carbocycles. The highest BCUT2D eigenvalue weighted by Gasteiger charge is 2.00. The fourth-order valence-corrected chi connectivity index (χ4v) is 1.61. The van der Waals surface area contributed by atoms with Crippen LogP contribution in [0.5, 0.6) is 11.5 Å². The quantitative estimate of drug-likeness (QED) is 0.738. The molecule has 88 valence electrons. The predicted octanol–water partition coefficient (Wildman–Crippen LogP) is 4.41. The summed E-state index contributed by atoms with van der Waals surface area (Å²) in [7, 11) is 0. The summed E-state index contributed by atoms with van der Waals surface area (Å²) in [6.45, 7) is 1.91. The summed E-state index contributed by atoms with van der Waals surface area (Å²) in [5, 5.41) is 8.64. The molecule has 18 heavy (non-hydrogen) atoms. The van der Waals surface area contributed by atoms with Crippen molar-refractivity contribution in [1.29, 1.82) is 5.26 Å². The lowest BCUT2D eigenvalue weighted by Crippen LogP contribution is -1.85. The van der Waals surface area contributed by atoms with Gasteiger partial charge in [0, 0.05) is 6.08 Å². The van der Waals surface area contributed by atoms with Gasteiger partial charge in [-0.2, -0.15) is 5.26 Å². The van der Waals surface area contributed by atoms with Crippen molar-refractivity contribution in [3.63, 3.8) is 0 Å². The molecule has 0 aromatic heterocycles. The van der Waals surface area contributed by atoms with E-state index < -0.39 is 0 Å². The molecule has 0 aliphatic rings. The zero-order valence-corrected chi connectivity index (χ0v) is 10.1. The fraction of sp³-hybridized carbons (Fsp3) is 0.0625. The van der Waals surface area contributed by atoms with Crippen LogP contribution in [0.25, 0.3) is 5.57 Å². The second kappa shape index (κ2) is 5.70. The second-order valence-corrected chi connectivity index (χ2v) is 3.90. The van der Waals surface area contributed by atoms with Crippen molar-refractivity contribution in [2.24, 2.45) is 0 Å². The van der Waals surface area contributed by atoms with Crippen LogP contribution in [0, 0.1) is 11.3 Å². The van der Waals surface area contributed by atoms with Crippen LogP contribution >= 0.6 is 0 Å². The highest BCUT2D eigenvalue weighted by Crippen LogP contribution is 2.24. The molecule has 2 aromatic rings. The number of ether oxygens (including phenoxy) is 1. The van der Waals surface area contributed by atoms with Crippen LogP contribution in [0.2, 0.25) is 0 Å². The van der Waals surface area contributed by atoms with Crippen LogP contribution in [0.1, 0.15) is 12.5 Å². The number of rotatable bonds is 3. The number of benzene rings is 2. The molecule has 0 radical (unpaired) electrons. The van der Waals surface area contributed by atoms with Crippen molar-refractivity contribution in [2.75, 3.05) is 0 Å². The summed E-state index contributed by atoms with van der Waals surface area (Å²) in [5.41, 5.74) is 1.92. The van der Waals surface area contributed by atoms with Gasteiger partial charge in [0.2, 0.25) is 0 Å². The lowest BCUT2D eigenvalue weighted by Gasteiger charge is -2.07. The Labute approximate surface area is 107 Å². The van der Waals surface area contributed by atoms with E-state index >= 15 is 0 Å². The molecule has 0 heterocycles. The first-order valence-electron chi connectivity index (χ1n) is 5.69. The average molecular weight is 235 g/mol. The van der Waals surface area contributed by atoms with Gasteiger partial charge in [-0.1, -0.05) is 30.3 Å². The maximum absolute atomic E-state index is 8.64. The molecule has 0 atom stereocenters. The molecule has 0 unspecified atom stereocenters. The van der Waals surface area contributed by atoms with Crippen LogP contribution in [0.3, 0.4) is 0 Å². The van der Waals surface area contributed by atoms with Gasteiger partial charge in [0.25, 0.3) is 0 Å². The number of allylic oxidation sites excluding steroid dienone is 2.